The van der Waals surface area contributed by atoms with Gasteiger partial charge in [-0.05, 0) is 12.5 Å². The molecule has 13 heavy (non-hydrogen) atoms. The normalized spacial score (nSPS) is 13.4. The Morgan fingerprint density at radius 3 is 3.15 bits per heavy atom. The van der Waals surface area contributed by atoms with Crippen LogP contribution in [0.15, 0.2) is 12.3 Å². The summed E-state index contributed by atoms with van der Waals surface area (Å²) >= 11 is 1.52. The number of nitrogens with zero attached hydrogens (tertiary/aromatic N) is 3. The fraction of sp³-hybridized carbons (Fsp3) is 0.375. The van der Waals surface area contributed by atoms with Crippen molar-refractivity contribution in [2.24, 2.45) is 5.73 Å². The Morgan fingerprint density at radius 1 is 1.62 bits per heavy atom. The third-order valence-electron chi connectivity index (χ3n) is 1.86. The van der Waals surface area contributed by atoms with E-state index in [2.05, 4.69) is 15.2 Å². The highest BCUT2D eigenvalue weighted by molar-refractivity contribution is 7.18. The van der Waals surface area contributed by atoms with E-state index in [1.54, 1.807) is 6.20 Å². The second-order valence-corrected chi connectivity index (χ2v) is 3.80. The zero-order valence-corrected chi connectivity index (χ0v) is 8.08. The van der Waals surface area contributed by atoms with Crippen LogP contribution in [-0.4, -0.2) is 15.2 Å². The molecular weight excluding hydrogens is 184 g/mol. The van der Waals surface area contributed by atoms with Crippen molar-refractivity contribution >= 4 is 21.7 Å². The molecule has 0 saturated carbocycles. The first kappa shape index (κ1) is 8.52. The largest absolute Gasteiger partial charge is 0.322 e. The lowest BCUT2D eigenvalue weighted by Gasteiger charge is -2.01. The highest BCUT2D eigenvalue weighted by Crippen LogP contribution is 2.23. The van der Waals surface area contributed by atoms with Gasteiger partial charge >= 0.3 is 0 Å². The van der Waals surface area contributed by atoms with E-state index < -0.39 is 0 Å². The summed E-state index contributed by atoms with van der Waals surface area (Å²) in [7, 11) is 0. The van der Waals surface area contributed by atoms with Gasteiger partial charge in [-0.1, -0.05) is 18.3 Å². The van der Waals surface area contributed by atoms with Crippen LogP contribution < -0.4 is 5.73 Å². The van der Waals surface area contributed by atoms with E-state index in [-0.39, 0.29) is 6.04 Å². The molecule has 1 atom stereocenters. The van der Waals surface area contributed by atoms with Crippen LogP contribution in [0.1, 0.15) is 24.4 Å². The van der Waals surface area contributed by atoms with Gasteiger partial charge in [-0.25, -0.2) is 4.98 Å². The van der Waals surface area contributed by atoms with Crippen LogP contribution >= 0.6 is 11.3 Å². The van der Waals surface area contributed by atoms with Gasteiger partial charge < -0.3 is 5.73 Å². The van der Waals surface area contributed by atoms with Gasteiger partial charge in [0.05, 0.1) is 12.2 Å². The quantitative estimate of drug-likeness (QED) is 0.786. The Kier molecular flexibility index (Phi) is 2.20. The zero-order valence-electron chi connectivity index (χ0n) is 7.27. The van der Waals surface area contributed by atoms with E-state index in [1.165, 1.54) is 11.3 Å². The second-order valence-electron chi connectivity index (χ2n) is 2.79. The summed E-state index contributed by atoms with van der Waals surface area (Å²) in [5, 5.41) is 8.70. The molecule has 1 unspecified atom stereocenters. The van der Waals surface area contributed by atoms with Gasteiger partial charge in [0.25, 0.3) is 0 Å². The molecule has 2 N–H and O–H groups in total. The standard InChI is InChI=1S/C8H10N4S/c1-2-5(9)7-11-6-3-4-10-12-8(6)13-7/h3-5H,2,9H2,1H3. The number of hydrogen-bond acceptors (Lipinski definition) is 5. The lowest BCUT2D eigenvalue weighted by molar-refractivity contribution is 0.694. The van der Waals surface area contributed by atoms with Crippen LogP contribution in [-0.2, 0) is 0 Å². The van der Waals surface area contributed by atoms with Crippen LogP contribution in [0.3, 0.4) is 0 Å². The second kappa shape index (κ2) is 3.35. The minimum atomic E-state index is 0.0270. The molecule has 0 radical (unpaired) electrons. The van der Waals surface area contributed by atoms with E-state index in [0.29, 0.717) is 0 Å². The fourth-order valence-electron chi connectivity index (χ4n) is 1.04. The highest BCUT2D eigenvalue weighted by atomic mass is 32.1. The minimum absolute atomic E-state index is 0.0270. The van der Waals surface area contributed by atoms with Crippen molar-refractivity contribution in [2.75, 3.05) is 0 Å². The minimum Gasteiger partial charge on any atom is -0.322 e. The highest BCUT2D eigenvalue weighted by Gasteiger charge is 2.10. The SMILES string of the molecule is CCC(N)c1nc2ccnnc2s1. The third kappa shape index (κ3) is 1.52. The van der Waals surface area contributed by atoms with Gasteiger partial charge in [0.1, 0.15) is 10.5 Å². The molecule has 0 saturated heterocycles. The predicted molar refractivity (Wildman–Crippen MR) is 52.4 cm³/mol. The van der Waals surface area contributed by atoms with Crippen molar-refractivity contribution in [3.63, 3.8) is 0 Å². The molecule has 5 heteroatoms. The van der Waals surface area contributed by atoms with Crippen molar-refractivity contribution in [1.82, 2.24) is 15.2 Å². The molecule has 2 aromatic heterocycles. The average Bonchev–Trinajstić information content (AvgIpc) is 2.59. The van der Waals surface area contributed by atoms with E-state index in [9.17, 15) is 0 Å². The molecule has 0 aliphatic carbocycles. The molecule has 2 aromatic rings. The van der Waals surface area contributed by atoms with E-state index in [0.717, 1.165) is 21.8 Å². The van der Waals surface area contributed by atoms with Crippen LogP contribution in [0.25, 0.3) is 10.3 Å². The molecule has 0 spiro atoms. The summed E-state index contributed by atoms with van der Waals surface area (Å²) in [5.74, 6) is 0. The van der Waals surface area contributed by atoms with Crippen LogP contribution in [0.5, 0.6) is 0 Å². The van der Waals surface area contributed by atoms with Crippen molar-refractivity contribution in [2.45, 2.75) is 19.4 Å². The van der Waals surface area contributed by atoms with Gasteiger partial charge in [-0.3, -0.25) is 0 Å². The monoisotopic (exact) mass is 194 g/mol. The van der Waals surface area contributed by atoms with Gasteiger partial charge in [-0.2, -0.15) is 5.10 Å². The summed E-state index contributed by atoms with van der Waals surface area (Å²) in [6.45, 7) is 2.04. The number of nitrogens with two attached hydrogens (primary N) is 1. The maximum atomic E-state index is 5.86. The Bertz CT molecular complexity index is 378. The lowest BCUT2D eigenvalue weighted by Crippen LogP contribution is -2.07. The van der Waals surface area contributed by atoms with Gasteiger partial charge in [0, 0.05) is 0 Å². The van der Waals surface area contributed by atoms with Crippen molar-refractivity contribution in [3.8, 4) is 0 Å². The number of rotatable bonds is 2. The molecule has 0 aliphatic heterocycles. The number of thiazole rings is 1. The smallest absolute Gasteiger partial charge is 0.166 e. The van der Waals surface area contributed by atoms with Crippen LogP contribution in [0.2, 0.25) is 0 Å². The number of fused-ring (bicyclic) bond motifs is 1. The number of aromatic nitrogens is 3. The first-order valence-corrected chi connectivity index (χ1v) is 4.96. The molecule has 2 heterocycles. The van der Waals surface area contributed by atoms with Gasteiger partial charge in [0.2, 0.25) is 0 Å². The molecule has 68 valence electrons. The zero-order chi connectivity index (χ0) is 9.26. The topological polar surface area (TPSA) is 64.7 Å². The molecule has 4 nitrogen and oxygen atoms in total. The molecule has 0 aliphatic rings. The van der Waals surface area contributed by atoms with Crippen molar-refractivity contribution in [1.29, 1.82) is 0 Å². The number of hydrogen-bond donors (Lipinski definition) is 1. The first-order chi connectivity index (χ1) is 6.31. The summed E-state index contributed by atoms with van der Waals surface area (Å²) in [6.07, 6.45) is 2.54. The van der Waals surface area contributed by atoms with Crippen molar-refractivity contribution in [3.05, 3.63) is 17.3 Å². The molecule has 0 amide bonds. The van der Waals surface area contributed by atoms with E-state index in [4.69, 9.17) is 5.73 Å². The Labute approximate surface area is 79.8 Å². The van der Waals surface area contributed by atoms with E-state index >= 15 is 0 Å². The molecule has 0 bridgehead atoms. The Balaban J connectivity index is 2.49. The van der Waals surface area contributed by atoms with Crippen LogP contribution in [0, 0.1) is 0 Å². The van der Waals surface area contributed by atoms with Gasteiger partial charge in [0.15, 0.2) is 4.83 Å². The Hall–Kier alpha value is -1.07. The summed E-state index contributed by atoms with van der Waals surface area (Å²) in [4.78, 5) is 5.24. The predicted octanol–water partition coefficient (Wildman–Crippen LogP) is 1.50. The van der Waals surface area contributed by atoms with Gasteiger partial charge in [-0.15, -0.1) is 5.10 Å². The summed E-state index contributed by atoms with van der Waals surface area (Å²) < 4.78 is 0. The molecule has 0 aromatic carbocycles. The van der Waals surface area contributed by atoms with E-state index in [1.807, 2.05) is 13.0 Å². The molecule has 0 fully saturated rings. The maximum Gasteiger partial charge on any atom is 0.166 e. The van der Waals surface area contributed by atoms with Crippen LogP contribution in [0.4, 0.5) is 0 Å². The molecular formula is C8H10N4S. The summed E-state index contributed by atoms with van der Waals surface area (Å²) in [6, 6.07) is 1.88. The summed E-state index contributed by atoms with van der Waals surface area (Å²) in [5.41, 5.74) is 6.75. The fourth-order valence-corrected chi connectivity index (χ4v) is 2.01. The molecule has 2 rings (SSSR count). The third-order valence-corrected chi connectivity index (χ3v) is 2.94. The average molecular weight is 194 g/mol. The maximum absolute atomic E-state index is 5.86. The van der Waals surface area contributed by atoms with Crippen molar-refractivity contribution < 1.29 is 0 Å². The lowest BCUT2D eigenvalue weighted by atomic mass is 10.2. The first-order valence-electron chi connectivity index (χ1n) is 4.15. The Morgan fingerprint density at radius 2 is 2.46 bits per heavy atom.